The van der Waals surface area contributed by atoms with Gasteiger partial charge >= 0.3 is 16.3 Å². The van der Waals surface area contributed by atoms with Gasteiger partial charge in [-0.1, -0.05) is 11.6 Å². The molecule has 0 spiro atoms. The van der Waals surface area contributed by atoms with Crippen molar-refractivity contribution in [2.75, 3.05) is 13.2 Å². The summed E-state index contributed by atoms with van der Waals surface area (Å²) in [6.07, 6.45) is -1.61. The Morgan fingerprint density at radius 3 is 2.68 bits per heavy atom. The van der Waals surface area contributed by atoms with E-state index in [1.54, 1.807) is 43.7 Å². The van der Waals surface area contributed by atoms with Crippen molar-refractivity contribution >= 4 is 41.4 Å². The van der Waals surface area contributed by atoms with Gasteiger partial charge in [0.25, 0.3) is 0 Å². The third-order valence-electron chi connectivity index (χ3n) is 2.74. The van der Waals surface area contributed by atoms with E-state index in [-0.39, 0.29) is 26.6 Å². The Morgan fingerprint density at radius 2 is 2.04 bits per heavy atom. The molecule has 2 rings (SSSR count). The molecule has 0 saturated carbocycles. The van der Waals surface area contributed by atoms with Crippen molar-refractivity contribution in [1.82, 2.24) is 9.44 Å². The lowest BCUT2D eigenvalue weighted by atomic mass is 10.2. The van der Waals surface area contributed by atoms with Gasteiger partial charge in [-0.15, -0.1) is 0 Å². The van der Waals surface area contributed by atoms with Gasteiger partial charge in [0.1, 0.15) is 18.3 Å². The standard InChI is InChI=1S/C14H19ClN2O6S.H2S/c1-14(2,3)23-13(18)17-24(19,20)16-7-10-8-21-12-6-9(15)4-5-11(12)22-10;/h4-6,10,16H,7-8H2,1-3H3,(H,17,18);1H2/t10-;/m0./s1. The monoisotopic (exact) mass is 412 g/mol. The minimum absolute atomic E-state index is 0. The molecule has 0 aromatic heterocycles. The van der Waals surface area contributed by atoms with Gasteiger partial charge < -0.3 is 14.2 Å². The molecule has 11 heteroatoms. The van der Waals surface area contributed by atoms with Gasteiger partial charge in [-0.3, -0.25) is 0 Å². The predicted octanol–water partition coefficient (Wildman–Crippen LogP) is 1.95. The van der Waals surface area contributed by atoms with Gasteiger partial charge in [0.2, 0.25) is 0 Å². The zero-order valence-corrected chi connectivity index (χ0v) is 16.5. The van der Waals surface area contributed by atoms with Crippen LogP contribution < -0.4 is 18.9 Å². The number of carbonyl (C=O) groups excluding carboxylic acids is 1. The average Bonchev–Trinajstić information content (AvgIpc) is 2.42. The molecule has 1 aliphatic heterocycles. The summed E-state index contributed by atoms with van der Waals surface area (Å²) in [7, 11) is -4.07. The van der Waals surface area contributed by atoms with E-state index >= 15 is 0 Å². The third kappa shape index (κ3) is 7.18. The number of benzene rings is 1. The van der Waals surface area contributed by atoms with Crippen molar-refractivity contribution in [2.24, 2.45) is 0 Å². The summed E-state index contributed by atoms with van der Waals surface area (Å²) in [5.41, 5.74) is -0.801. The van der Waals surface area contributed by atoms with Crippen LogP contribution in [0.2, 0.25) is 5.02 Å². The number of amides is 1. The molecule has 0 radical (unpaired) electrons. The van der Waals surface area contributed by atoms with E-state index < -0.39 is 28.0 Å². The van der Waals surface area contributed by atoms with Crippen LogP contribution in [-0.4, -0.2) is 39.4 Å². The van der Waals surface area contributed by atoms with Crippen molar-refractivity contribution in [2.45, 2.75) is 32.5 Å². The summed E-state index contributed by atoms with van der Waals surface area (Å²) < 4.78 is 43.6. The second-order valence-electron chi connectivity index (χ2n) is 6.10. The second kappa shape index (κ2) is 8.35. The molecular formula is C14H21ClN2O6S2. The van der Waals surface area contributed by atoms with Crippen LogP contribution >= 0.6 is 25.1 Å². The van der Waals surface area contributed by atoms with Crippen molar-refractivity contribution in [3.8, 4) is 11.5 Å². The lowest BCUT2D eigenvalue weighted by molar-refractivity contribution is 0.0568. The maximum absolute atomic E-state index is 11.8. The minimum atomic E-state index is -4.07. The Balaban J connectivity index is 0.00000312. The molecule has 1 heterocycles. The Bertz CT molecular complexity index is 721. The molecule has 8 nitrogen and oxygen atoms in total. The first-order valence-electron chi connectivity index (χ1n) is 7.13. The van der Waals surface area contributed by atoms with Crippen LogP contribution in [0.1, 0.15) is 20.8 Å². The topological polar surface area (TPSA) is 103 Å². The van der Waals surface area contributed by atoms with Crippen LogP contribution in [0.4, 0.5) is 4.79 Å². The van der Waals surface area contributed by atoms with E-state index in [1.165, 1.54) is 0 Å². The van der Waals surface area contributed by atoms with E-state index in [9.17, 15) is 13.2 Å². The first-order chi connectivity index (χ1) is 11.0. The number of carbonyl (C=O) groups is 1. The quantitative estimate of drug-likeness (QED) is 0.783. The van der Waals surface area contributed by atoms with Gasteiger partial charge in [-0.2, -0.15) is 26.6 Å². The van der Waals surface area contributed by atoms with Crippen molar-refractivity contribution in [3.63, 3.8) is 0 Å². The third-order valence-corrected chi connectivity index (χ3v) is 3.96. The number of ether oxygens (including phenoxy) is 3. The number of hydrogen-bond acceptors (Lipinski definition) is 6. The maximum atomic E-state index is 11.8. The van der Waals surface area contributed by atoms with Crippen LogP contribution in [0.5, 0.6) is 11.5 Å². The summed E-state index contributed by atoms with van der Waals surface area (Å²) in [5.74, 6) is 0.962. The lowest BCUT2D eigenvalue weighted by Crippen LogP contribution is -2.47. The molecule has 0 saturated heterocycles. The van der Waals surface area contributed by atoms with Crippen LogP contribution in [-0.2, 0) is 14.9 Å². The molecule has 0 bridgehead atoms. The molecule has 0 unspecified atom stereocenters. The van der Waals surface area contributed by atoms with E-state index in [1.807, 2.05) is 0 Å². The number of rotatable bonds is 4. The highest BCUT2D eigenvalue weighted by Gasteiger charge is 2.25. The molecule has 2 N–H and O–H groups in total. The summed E-state index contributed by atoms with van der Waals surface area (Å²) in [6.45, 7) is 4.94. The fourth-order valence-electron chi connectivity index (χ4n) is 1.84. The fourth-order valence-corrected chi connectivity index (χ4v) is 2.74. The van der Waals surface area contributed by atoms with Gasteiger partial charge in [-0.05, 0) is 32.9 Å². The smallest absolute Gasteiger partial charge is 0.422 e. The van der Waals surface area contributed by atoms with Crippen LogP contribution in [0, 0.1) is 0 Å². The predicted molar refractivity (Wildman–Crippen MR) is 98.0 cm³/mol. The van der Waals surface area contributed by atoms with Crippen molar-refractivity contribution in [1.29, 1.82) is 0 Å². The average molecular weight is 413 g/mol. The number of halogens is 1. The van der Waals surface area contributed by atoms with Gasteiger partial charge in [0.15, 0.2) is 11.5 Å². The molecule has 0 aliphatic carbocycles. The Hall–Kier alpha value is -1.36. The summed E-state index contributed by atoms with van der Waals surface area (Å²) >= 11 is 5.85. The Morgan fingerprint density at radius 1 is 1.36 bits per heavy atom. The zero-order valence-electron chi connectivity index (χ0n) is 14.0. The highest BCUT2D eigenvalue weighted by Crippen LogP contribution is 2.33. The highest BCUT2D eigenvalue weighted by molar-refractivity contribution is 7.88. The largest absolute Gasteiger partial charge is 0.486 e. The zero-order chi connectivity index (χ0) is 18.0. The van der Waals surface area contributed by atoms with Crippen molar-refractivity contribution in [3.05, 3.63) is 23.2 Å². The summed E-state index contributed by atoms with van der Waals surface area (Å²) in [5, 5.41) is 0.512. The molecular weight excluding hydrogens is 392 g/mol. The Labute approximate surface area is 158 Å². The molecule has 0 fully saturated rings. The van der Waals surface area contributed by atoms with Crippen molar-refractivity contribution < 1.29 is 27.4 Å². The van der Waals surface area contributed by atoms with Crippen LogP contribution in [0.25, 0.3) is 0 Å². The first-order valence-corrected chi connectivity index (χ1v) is 8.99. The summed E-state index contributed by atoms with van der Waals surface area (Å²) in [4.78, 5) is 11.5. The van der Waals surface area contributed by atoms with E-state index in [2.05, 4.69) is 4.72 Å². The molecule has 142 valence electrons. The van der Waals surface area contributed by atoms with Crippen LogP contribution in [0.3, 0.4) is 0 Å². The molecule has 1 atom stereocenters. The molecule has 25 heavy (non-hydrogen) atoms. The van der Waals surface area contributed by atoms with E-state index in [0.717, 1.165) is 0 Å². The molecule has 1 aromatic rings. The Kier molecular flexibility index (Phi) is 7.24. The highest BCUT2D eigenvalue weighted by atomic mass is 35.5. The van der Waals surface area contributed by atoms with E-state index in [0.29, 0.717) is 16.5 Å². The number of nitrogens with one attached hydrogen (secondary N) is 2. The SMILES string of the molecule is CC(C)(C)OC(=O)NS(=O)(=O)NC[C@H]1COc2cc(Cl)ccc2O1.S. The number of hydrogen-bond donors (Lipinski definition) is 2. The second-order valence-corrected chi connectivity index (χ2v) is 8.03. The molecule has 1 aromatic carbocycles. The van der Waals surface area contributed by atoms with Crippen LogP contribution in [0.15, 0.2) is 18.2 Å². The van der Waals surface area contributed by atoms with E-state index in [4.69, 9.17) is 25.8 Å². The molecule has 1 aliphatic rings. The summed E-state index contributed by atoms with van der Waals surface area (Å²) in [6, 6.07) is 4.89. The van der Waals surface area contributed by atoms with Gasteiger partial charge in [0, 0.05) is 11.1 Å². The fraction of sp³-hybridized carbons (Fsp3) is 0.500. The molecule has 1 amide bonds. The van der Waals surface area contributed by atoms with Gasteiger partial charge in [-0.25, -0.2) is 9.52 Å². The lowest BCUT2D eigenvalue weighted by Gasteiger charge is -2.26. The van der Waals surface area contributed by atoms with Gasteiger partial charge in [0.05, 0.1) is 6.54 Å². The first kappa shape index (κ1) is 21.7. The maximum Gasteiger partial charge on any atom is 0.422 e. The minimum Gasteiger partial charge on any atom is -0.486 e. The number of fused-ring (bicyclic) bond motifs is 1. The normalized spacial score (nSPS) is 16.6.